The first kappa shape index (κ1) is 8.26. The van der Waals surface area contributed by atoms with Crippen molar-refractivity contribution in [2.45, 2.75) is 33.1 Å². The van der Waals surface area contributed by atoms with Crippen molar-refractivity contribution in [3.05, 3.63) is 0 Å². The van der Waals surface area contributed by atoms with Crippen molar-refractivity contribution >= 4 is 5.78 Å². The molecule has 0 saturated heterocycles. The average molecular weight is 151 g/mol. The van der Waals surface area contributed by atoms with Gasteiger partial charge in [-0.25, -0.2) is 0 Å². The predicted octanol–water partition coefficient (Wildman–Crippen LogP) is 1.91. The molecule has 1 rings (SSSR count). The Balaban J connectivity index is 2.34. The molecule has 0 aromatic heterocycles. The van der Waals surface area contributed by atoms with Gasteiger partial charge in [0.1, 0.15) is 5.78 Å². The Bertz CT molecular complexity index is 204. The number of nitriles is 1. The molecule has 0 unspecified atom stereocenters. The van der Waals surface area contributed by atoms with Gasteiger partial charge in [0.25, 0.3) is 0 Å². The lowest BCUT2D eigenvalue weighted by molar-refractivity contribution is -0.128. The van der Waals surface area contributed by atoms with Crippen LogP contribution in [0.1, 0.15) is 33.1 Å². The van der Waals surface area contributed by atoms with Crippen molar-refractivity contribution < 1.29 is 4.79 Å². The third-order valence-electron chi connectivity index (χ3n) is 2.31. The summed E-state index contributed by atoms with van der Waals surface area (Å²) in [5.74, 6) is 0.316. The Hall–Kier alpha value is -0.840. The molecule has 2 nitrogen and oxygen atoms in total. The molecule has 0 aliphatic heterocycles. The first-order chi connectivity index (χ1) is 5.05. The lowest BCUT2D eigenvalue weighted by Gasteiger charge is -2.41. The molecule has 1 saturated carbocycles. The van der Waals surface area contributed by atoms with Crippen LogP contribution in [-0.4, -0.2) is 5.78 Å². The lowest BCUT2D eigenvalue weighted by Crippen LogP contribution is -2.36. The fraction of sp³-hybridized carbons (Fsp3) is 0.778. The Kier molecular flexibility index (Phi) is 1.99. The predicted molar refractivity (Wildman–Crippen MR) is 41.7 cm³/mol. The summed E-state index contributed by atoms with van der Waals surface area (Å²) in [6, 6.07) is 1.89. The van der Waals surface area contributed by atoms with Crippen LogP contribution in [-0.2, 0) is 4.79 Å². The number of hydrogen-bond donors (Lipinski definition) is 0. The lowest BCUT2D eigenvalue weighted by atomic mass is 9.63. The van der Waals surface area contributed by atoms with Crippen molar-refractivity contribution in [2.75, 3.05) is 0 Å². The van der Waals surface area contributed by atoms with E-state index in [1.165, 1.54) is 0 Å². The van der Waals surface area contributed by atoms with Crippen LogP contribution in [0.3, 0.4) is 0 Å². The molecule has 2 heteroatoms. The van der Waals surface area contributed by atoms with Crippen LogP contribution in [0.15, 0.2) is 0 Å². The Morgan fingerprint density at radius 2 is 2.18 bits per heavy atom. The second-order valence-corrected chi connectivity index (χ2v) is 4.07. The van der Waals surface area contributed by atoms with Gasteiger partial charge in [0.2, 0.25) is 0 Å². The van der Waals surface area contributed by atoms with Crippen molar-refractivity contribution in [2.24, 2.45) is 11.3 Å². The third-order valence-corrected chi connectivity index (χ3v) is 2.31. The molecule has 0 aromatic rings. The number of nitrogens with zero attached hydrogens (tertiary/aromatic N) is 1. The molecule has 0 radical (unpaired) electrons. The van der Waals surface area contributed by atoms with E-state index in [0.29, 0.717) is 5.41 Å². The first-order valence-electron chi connectivity index (χ1n) is 3.95. The standard InChI is InChI=1S/C9H13NO/c1-9(2)5-7(6-9)8(11)3-4-10/h7H,3,5-6H2,1-2H3. The van der Waals surface area contributed by atoms with E-state index in [1.54, 1.807) is 0 Å². The highest BCUT2D eigenvalue weighted by Gasteiger charge is 2.39. The zero-order chi connectivity index (χ0) is 8.48. The van der Waals surface area contributed by atoms with E-state index >= 15 is 0 Å². The highest BCUT2D eigenvalue weighted by molar-refractivity contribution is 5.83. The summed E-state index contributed by atoms with van der Waals surface area (Å²) in [5, 5.41) is 8.26. The summed E-state index contributed by atoms with van der Waals surface area (Å²) in [6.07, 6.45) is 2.03. The average Bonchev–Trinajstić information content (AvgIpc) is 1.83. The van der Waals surface area contributed by atoms with Crippen LogP contribution < -0.4 is 0 Å². The second kappa shape index (κ2) is 2.65. The number of hydrogen-bond acceptors (Lipinski definition) is 2. The fourth-order valence-electron chi connectivity index (χ4n) is 1.72. The Morgan fingerprint density at radius 1 is 1.64 bits per heavy atom. The van der Waals surface area contributed by atoms with Gasteiger partial charge >= 0.3 is 0 Å². The smallest absolute Gasteiger partial charge is 0.150 e. The van der Waals surface area contributed by atoms with E-state index in [1.807, 2.05) is 6.07 Å². The summed E-state index contributed by atoms with van der Waals surface area (Å²) < 4.78 is 0. The van der Waals surface area contributed by atoms with Gasteiger partial charge in [0.15, 0.2) is 0 Å². The maximum atomic E-state index is 11.1. The highest BCUT2D eigenvalue weighted by atomic mass is 16.1. The van der Waals surface area contributed by atoms with E-state index in [2.05, 4.69) is 13.8 Å². The van der Waals surface area contributed by atoms with Crippen molar-refractivity contribution in [1.82, 2.24) is 0 Å². The van der Waals surface area contributed by atoms with Gasteiger partial charge in [-0.2, -0.15) is 5.26 Å². The second-order valence-electron chi connectivity index (χ2n) is 4.07. The molecule has 1 aliphatic carbocycles. The van der Waals surface area contributed by atoms with Crippen LogP contribution in [0.25, 0.3) is 0 Å². The normalized spacial score (nSPS) is 21.9. The van der Waals surface area contributed by atoms with Crippen LogP contribution in [0.5, 0.6) is 0 Å². The zero-order valence-electron chi connectivity index (χ0n) is 7.05. The van der Waals surface area contributed by atoms with Crippen molar-refractivity contribution in [1.29, 1.82) is 5.26 Å². The summed E-state index contributed by atoms with van der Waals surface area (Å²) >= 11 is 0. The molecular weight excluding hydrogens is 138 g/mol. The van der Waals surface area contributed by atoms with Crippen LogP contribution in [0.4, 0.5) is 0 Å². The summed E-state index contributed by atoms with van der Waals surface area (Å²) in [5.41, 5.74) is 0.343. The molecule has 0 atom stereocenters. The molecule has 0 heterocycles. The molecule has 0 N–H and O–H groups in total. The molecular formula is C9H13NO. The first-order valence-corrected chi connectivity index (χ1v) is 3.95. The van der Waals surface area contributed by atoms with Crippen molar-refractivity contribution in [3.63, 3.8) is 0 Å². The van der Waals surface area contributed by atoms with Crippen LogP contribution in [0.2, 0.25) is 0 Å². The highest BCUT2D eigenvalue weighted by Crippen LogP contribution is 2.45. The van der Waals surface area contributed by atoms with E-state index in [0.717, 1.165) is 12.8 Å². The Morgan fingerprint density at radius 3 is 2.55 bits per heavy atom. The number of carbonyl (C=O) groups excluding carboxylic acids is 1. The van der Waals surface area contributed by atoms with Gasteiger partial charge in [0, 0.05) is 5.92 Å². The van der Waals surface area contributed by atoms with Gasteiger partial charge in [-0.15, -0.1) is 0 Å². The van der Waals surface area contributed by atoms with E-state index in [4.69, 9.17) is 5.26 Å². The van der Waals surface area contributed by atoms with Gasteiger partial charge in [-0.05, 0) is 18.3 Å². The van der Waals surface area contributed by atoms with E-state index in [-0.39, 0.29) is 18.1 Å². The monoisotopic (exact) mass is 151 g/mol. The maximum absolute atomic E-state index is 11.1. The molecule has 0 aromatic carbocycles. The van der Waals surface area contributed by atoms with Crippen LogP contribution >= 0.6 is 0 Å². The number of ketones is 1. The molecule has 11 heavy (non-hydrogen) atoms. The molecule has 0 amide bonds. The number of Topliss-reactive ketones (excluding diaryl/α,β-unsaturated/α-hetero) is 1. The molecule has 1 aliphatic rings. The van der Waals surface area contributed by atoms with E-state index in [9.17, 15) is 4.79 Å². The van der Waals surface area contributed by atoms with Crippen molar-refractivity contribution in [3.8, 4) is 6.07 Å². The van der Waals surface area contributed by atoms with Gasteiger partial charge < -0.3 is 0 Å². The summed E-state index contributed by atoms with van der Waals surface area (Å²) in [6.45, 7) is 4.31. The molecule has 0 bridgehead atoms. The van der Waals surface area contributed by atoms with Gasteiger partial charge in [-0.1, -0.05) is 13.8 Å². The fourth-order valence-corrected chi connectivity index (χ4v) is 1.72. The van der Waals surface area contributed by atoms with Crippen LogP contribution in [0, 0.1) is 22.7 Å². The summed E-state index contributed by atoms with van der Waals surface area (Å²) in [7, 11) is 0. The minimum absolute atomic E-state index is 0.0980. The molecule has 1 fully saturated rings. The minimum atomic E-state index is 0.0980. The number of carbonyl (C=O) groups is 1. The Labute approximate surface area is 67.2 Å². The third kappa shape index (κ3) is 1.80. The largest absolute Gasteiger partial charge is 0.298 e. The quantitative estimate of drug-likeness (QED) is 0.604. The maximum Gasteiger partial charge on any atom is 0.150 e. The van der Waals surface area contributed by atoms with Gasteiger partial charge in [-0.3, -0.25) is 4.79 Å². The topological polar surface area (TPSA) is 40.9 Å². The molecule has 0 spiro atoms. The SMILES string of the molecule is CC1(C)CC(C(=O)CC#N)C1. The number of rotatable bonds is 2. The minimum Gasteiger partial charge on any atom is -0.298 e. The van der Waals surface area contributed by atoms with E-state index < -0.39 is 0 Å². The summed E-state index contributed by atoms with van der Waals surface area (Å²) in [4.78, 5) is 11.1. The zero-order valence-corrected chi connectivity index (χ0v) is 7.05. The van der Waals surface area contributed by atoms with Gasteiger partial charge in [0.05, 0.1) is 12.5 Å². The molecule has 60 valence electrons.